The average molecular weight is 444 g/mol. The Morgan fingerprint density at radius 1 is 1.27 bits per heavy atom. The summed E-state index contributed by atoms with van der Waals surface area (Å²) in [5.74, 6) is -0.731. The predicted molar refractivity (Wildman–Crippen MR) is 102 cm³/mol. The van der Waals surface area contributed by atoms with Crippen LogP contribution in [0.2, 0.25) is 5.02 Å². The molecule has 26 heavy (non-hydrogen) atoms. The van der Waals surface area contributed by atoms with Crippen molar-refractivity contribution in [3.63, 3.8) is 0 Å². The Morgan fingerprint density at radius 2 is 2.00 bits per heavy atom. The Morgan fingerprint density at radius 3 is 2.69 bits per heavy atom. The molecule has 2 aromatic rings. The van der Waals surface area contributed by atoms with Crippen molar-refractivity contribution in [2.24, 2.45) is 0 Å². The van der Waals surface area contributed by atoms with Crippen molar-refractivity contribution in [2.45, 2.75) is 6.42 Å². The van der Waals surface area contributed by atoms with Crippen LogP contribution < -0.4 is 10.1 Å². The van der Waals surface area contributed by atoms with E-state index in [1.807, 2.05) is 12.1 Å². The average Bonchev–Trinajstić information content (AvgIpc) is 2.58. The van der Waals surface area contributed by atoms with E-state index in [-0.39, 0.29) is 36.4 Å². The van der Waals surface area contributed by atoms with Crippen LogP contribution in [-0.4, -0.2) is 36.9 Å². The second-order valence-corrected chi connectivity index (χ2v) is 6.71. The topological polar surface area (TPSA) is 58.6 Å². The summed E-state index contributed by atoms with van der Waals surface area (Å²) in [6.45, 7) is -0.0160. The van der Waals surface area contributed by atoms with Gasteiger partial charge < -0.3 is 15.0 Å². The summed E-state index contributed by atoms with van der Waals surface area (Å²) in [5, 5.41) is 2.86. The van der Waals surface area contributed by atoms with Gasteiger partial charge in [0.25, 0.3) is 0 Å². The molecule has 2 amide bonds. The number of halogens is 3. The van der Waals surface area contributed by atoms with Gasteiger partial charge in [-0.1, -0.05) is 23.7 Å². The lowest BCUT2D eigenvalue weighted by molar-refractivity contribution is -0.133. The van der Waals surface area contributed by atoms with Gasteiger partial charge in [0.2, 0.25) is 11.8 Å². The Balaban J connectivity index is 1.78. The molecular formula is C18H17BrClFN2O3. The number of amides is 2. The first-order valence-electron chi connectivity index (χ1n) is 7.73. The third kappa shape index (κ3) is 6.00. The highest BCUT2D eigenvalue weighted by Crippen LogP contribution is 2.25. The maximum atomic E-state index is 13.0. The first-order chi connectivity index (χ1) is 12.4. The van der Waals surface area contributed by atoms with E-state index >= 15 is 0 Å². The summed E-state index contributed by atoms with van der Waals surface area (Å²) < 4.78 is 19.1. The van der Waals surface area contributed by atoms with Crippen LogP contribution in [0.3, 0.4) is 0 Å². The molecule has 0 spiro atoms. The molecule has 0 radical (unpaired) electrons. The third-order valence-electron chi connectivity index (χ3n) is 3.42. The quantitative estimate of drug-likeness (QED) is 0.701. The van der Waals surface area contributed by atoms with Gasteiger partial charge in [0.15, 0.2) is 0 Å². The number of hydrogen-bond donors (Lipinski definition) is 1. The minimum absolute atomic E-state index is 0.0620. The van der Waals surface area contributed by atoms with Crippen LogP contribution in [0.5, 0.6) is 5.75 Å². The largest absolute Gasteiger partial charge is 0.491 e. The van der Waals surface area contributed by atoms with Gasteiger partial charge in [0.1, 0.15) is 11.6 Å². The molecule has 0 atom stereocenters. The van der Waals surface area contributed by atoms with Crippen LogP contribution in [0.15, 0.2) is 46.9 Å². The molecule has 1 N–H and O–H groups in total. The van der Waals surface area contributed by atoms with Crippen molar-refractivity contribution in [1.82, 2.24) is 4.90 Å². The zero-order valence-electron chi connectivity index (χ0n) is 14.0. The Labute approximate surface area is 164 Å². The summed E-state index contributed by atoms with van der Waals surface area (Å²) in [5.41, 5.74) is 0.632. The molecule has 0 aliphatic heterocycles. The fourth-order valence-corrected chi connectivity index (χ4v) is 2.69. The number of para-hydroxylation sites is 1. The SMILES string of the molecule is CN(CC(=O)Nc1ccccc1Br)C(=O)CCOc1ccc(F)cc1Cl. The number of hydrogen-bond acceptors (Lipinski definition) is 3. The first-order valence-corrected chi connectivity index (χ1v) is 8.90. The van der Waals surface area contributed by atoms with Crippen LogP contribution in [0.1, 0.15) is 6.42 Å². The highest BCUT2D eigenvalue weighted by molar-refractivity contribution is 9.10. The first kappa shape index (κ1) is 20.2. The number of carbonyl (C=O) groups is 2. The number of likely N-dealkylation sites (N-methyl/N-ethyl adjacent to an activating group) is 1. The van der Waals surface area contributed by atoms with E-state index in [1.165, 1.54) is 24.1 Å². The number of rotatable bonds is 7. The number of nitrogens with zero attached hydrogens (tertiary/aromatic N) is 1. The lowest BCUT2D eigenvalue weighted by Gasteiger charge is -2.17. The number of anilines is 1. The molecule has 0 aromatic heterocycles. The molecule has 0 unspecified atom stereocenters. The van der Waals surface area contributed by atoms with E-state index in [4.69, 9.17) is 16.3 Å². The number of benzene rings is 2. The van der Waals surface area contributed by atoms with Crippen LogP contribution >= 0.6 is 27.5 Å². The molecule has 2 aromatic carbocycles. The summed E-state index contributed by atoms with van der Waals surface area (Å²) in [6, 6.07) is 11.0. The maximum Gasteiger partial charge on any atom is 0.244 e. The fourth-order valence-electron chi connectivity index (χ4n) is 2.09. The minimum Gasteiger partial charge on any atom is -0.491 e. The smallest absolute Gasteiger partial charge is 0.244 e. The molecule has 0 aliphatic carbocycles. The van der Waals surface area contributed by atoms with Crippen molar-refractivity contribution in [3.05, 3.63) is 57.8 Å². The van der Waals surface area contributed by atoms with Crippen LogP contribution in [0.25, 0.3) is 0 Å². The molecule has 0 bridgehead atoms. The monoisotopic (exact) mass is 442 g/mol. The van der Waals surface area contributed by atoms with E-state index in [0.717, 1.165) is 10.5 Å². The minimum atomic E-state index is -0.464. The normalized spacial score (nSPS) is 10.3. The van der Waals surface area contributed by atoms with Gasteiger partial charge in [-0.15, -0.1) is 0 Å². The number of ether oxygens (including phenoxy) is 1. The molecule has 2 rings (SSSR count). The summed E-state index contributed by atoms with van der Waals surface area (Å²) in [7, 11) is 1.53. The van der Waals surface area contributed by atoms with E-state index in [1.54, 1.807) is 12.1 Å². The van der Waals surface area contributed by atoms with Gasteiger partial charge in [-0.3, -0.25) is 9.59 Å². The van der Waals surface area contributed by atoms with Crippen molar-refractivity contribution in [3.8, 4) is 5.75 Å². The predicted octanol–water partition coefficient (Wildman–Crippen LogP) is 4.11. The molecule has 138 valence electrons. The van der Waals surface area contributed by atoms with Crippen LogP contribution in [-0.2, 0) is 9.59 Å². The Bertz CT molecular complexity index is 804. The van der Waals surface area contributed by atoms with E-state index < -0.39 is 5.82 Å². The number of nitrogens with one attached hydrogen (secondary N) is 1. The Hall–Kier alpha value is -2.12. The van der Waals surface area contributed by atoms with E-state index in [2.05, 4.69) is 21.2 Å². The van der Waals surface area contributed by atoms with Crippen LogP contribution in [0.4, 0.5) is 10.1 Å². The zero-order chi connectivity index (χ0) is 19.1. The fraction of sp³-hybridized carbons (Fsp3) is 0.222. The highest BCUT2D eigenvalue weighted by Gasteiger charge is 2.14. The standard InChI is InChI=1S/C18H17BrClFN2O3/c1-23(11-17(24)22-15-5-3-2-4-13(15)19)18(25)8-9-26-16-7-6-12(21)10-14(16)20/h2-7,10H,8-9,11H2,1H3,(H,22,24). The number of carbonyl (C=O) groups excluding carboxylic acids is 2. The molecule has 0 saturated carbocycles. The van der Waals surface area contributed by atoms with Crippen LogP contribution in [0, 0.1) is 5.82 Å². The van der Waals surface area contributed by atoms with Gasteiger partial charge in [-0.05, 0) is 46.3 Å². The molecular weight excluding hydrogens is 427 g/mol. The summed E-state index contributed by atoms with van der Waals surface area (Å²) >= 11 is 9.19. The molecule has 0 saturated heterocycles. The molecule has 8 heteroatoms. The summed E-state index contributed by atoms with van der Waals surface area (Å²) in [4.78, 5) is 25.4. The second kappa shape index (κ2) is 9.54. The van der Waals surface area contributed by atoms with E-state index in [0.29, 0.717) is 11.4 Å². The van der Waals surface area contributed by atoms with Gasteiger partial charge in [-0.25, -0.2) is 4.39 Å². The van der Waals surface area contributed by atoms with Crippen molar-refractivity contribution < 1.29 is 18.7 Å². The van der Waals surface area contributed by atoms with E-state index in [9.17, 15) is 14.0 Å². The van der Waals surface area contributed by atoms with Gasteiger partial charge in [-0.2, -0.15) is 0 Å². The van der Waals surface area contributed by atoms with Gasteiger partial charge in [0, 0.05) is 11.5 Å². The molecule has 0 fully saturated rings. The second-order valence-electron chi connectivity index (χ2n) is 5.45. The van der Waals surface area contributed by atoms with Gasteiger partial charge in [0.05, 0.1) is 30.3 Å². The molecule has 5 nitrogen and oxygen atoms in total. The van der Waals surface area contributed by atoms with Crippen molar-refractivity contribution in [1.29, 1.82) is 0 Å². The van der Waals surface area contributed by atoms with Gasteiger partial charge >= 0.3 is 0 Å². The third-order valence-corrected chi connectivity index (χ3v) is 4.41. The highest BCUT2D eigenvalue weighted by atomic mass is 79.9. The Kier molecular flexibility index (Phi) is 7.41. The lowest BCUT2D eigenvalue weighted by Crippen LogP contribution is -2.35. The lowest BCUT2D eigenvalue weighted by atomic mass is 10.3. The molecule has 0 heterocycles. The summed E-state index contributed by atoms with van der Waals surface area (Å²) in [6.07, 6.45) is 0.0620. The van der Waals surface area contributed by atoms with Crippen molar-refractivity contribution in [2.75, 3.05) is 25.5 Å². The maximum absolute atomic E-state index is 13.0. The molecule has 0 aliphatic rings. The zero-order valence-corrected chi connectivity index (χ0v) is 16.3. The van der Waals surface area contributed by atoms with Crippen molar-refractivity contribution >= 4 is 45.0 Å².